The van der Waals surface area contributed by atoms with Gasteiger partial charge >= 0.3 is 0 Å². The number of benzene rings is 2. The van der Waals surface area contributed by atoms with Crippen LogP contribution < -0.4 is 0 Å². The Labute approximate surface area is 112 Å². The molecule has 0 aromatic heterocycles. The average molecular weight is 250 g/mol. The van der Waals surface area contributed by atoms with Crippen molar-refractivity contribution < 1.29 is 9.59 Å². The van der Waals surface area contributed by atoms with Crippen molar-refractivity contribution in [2.75, 3.05) is 0 Å². The van der Waals surface area contributed by atoms with Gasteiger partial charge in [0, 0.05) is 23.1 Å². The summed E-state index contributed by atoms with van der Waals surface area (Å²) < 4.78 is 0. The minimum absolute atomic E-state index is 0.0533. The molecule has 0 aliphatic heterocycles. The van der Waals surface area contributed by atoms with Crippen LogP contribution in [0.3, 0.4) is 0 Å². The molecule has 0 bridgehead atoms. The summed E-state index contributed by atoms with van der Waals surface area (Å²) in [5, 5.41) is 0. The van der Waals surface area contributed by atoms with E-state index in [1.54, 1.807) is 48.5 Å². The predicted octanol–water partition coefficient (Wildman–Crippen LogP) is 3.70. The summed E-state index contributed by atoms with van der Waals surface area (Å²) in [6.07, 6.45) is 0.0533. The van der Waals surface area contributed by atoms with Crippen LogP contribution >= 0.6 is 0 Å². The summed E-state index contributed by atoms with van der Waals surface area (Å²) in [7, 11) is 0. The largest absolute Gasteiger partial charge is 0.294 e. The van der Waals surface area contributed by atoms with Gasteiger partial charge in [-0.05, 0) is 0 Å². The molecule has 2 nitrogen and oxygen atoms in total. The molecule has 0 fully saturated rings. The third-order valence-electron chi connectivity index (χ3n) is 2.83. The average Bonchev–Trinajstić information content (AvgIpc) is 2.48. The predicted molar refractivity (Wildman–Crippen MR) is 75.3 cm³/mol. The first-order chi connectivity index (χ1) is 9.18. The second kappa shape index (κ2) is 5.91. The lowest BCUT2D eigenvalue weighted by atomic mass is 9.98. The molecule has 2 rings (SSSR count). The smallest absolute Gasteiger partial charge is 0.188 e. The number of hydrogen-bond acceptors (Lipinski definition) is 2. The second-order valence-corrected chi connectivity index (χ2v) is 4.26. The fourth-order valence-corrected chi connectivity index (χ4v) is 1.79. The van der Waals surface area contributed by atoms with Gasteiger partial charge in [0.05, 0.1) is 0 Å². The van der Waals surface area contributed by atoms with E-state index in [2.05, 4.69) is 6.58 Å². The molecule has 0 spiro atoms. The SMILES string of the molecule is C=C(CC(=O)c1ccccc1)C(=O)c1ccccc1. The van der Waals surface area contributed by atoms with Crippen LogP contribution in [0.25, 0.3) is 0 Å². The number of ketones is 2. The van der Waals surface area contributed by atoms with Crippen molar-refractivity contribution in [1.82, 2.24) is 0 Å². The first-order valence-corrected chi connectivity index (χ1v) is 6.04. The van der Waals surface area contributed by atoms with Crippen molar-refractivity contribution in [3.63, 3.8) is 0 Å². The first-order valence-electron chi connectivity index (χ1n) is 6.04. The van der Waals surface area contributed by atoms with Gasteiger partial charge in [-0.1, -0.05) is 67.2 Å². The molecule has 0 aliphatic rings. The summed E-state index contributed by atoms with van der Waals surface area (Å²) in [4.78, 5) is 24.0. The number of allylic oxidation sites excluding steroid dienone is 1. The maximum absolute atomic E-state index is 12.1. The van der Waals surface area contributed by atoms with Crippen LogP contribution in [0.4, 0.5) is 0 Å². The molecule has 0 N–H and O–H groups in total. The molecular weight excluding hydrogens is 236 g/mol. The Morgan fingerprint density at radius 3 is 1.79 bits per heavy atom. The Morgan fingerprint density at radius 1 is 0.789 bits per heavy atom. The summed E-state index contributed by atoms with van der Waals surface area (Å²) >= 11 is 0. The van der Waals surface area contributed by atoms with Crippen molar-refractivity contribution in [1.29, 1.82) is 0 Å². The number of hydrogen-bond donors (Lipinski definition) is 0. The second-order valence-electron chi connectivity index (χ2n) is 4.26. The highest BCUT2D eigenvalue weighted by Crippen LogP contribution is 2.13. The quantitative estimate of drug-likeness (QED) is 0.599. The van der Waals surface area contributed by atoms with Crippen molar-refractivity contribution in [2.45, 2.75) is 6.42 Å². The maximum atomic E-state index is 12.1. The summed E-state index contributed by atoms with van der Waals surface area (Å²) in [5.74, 6) is -0.264. The van der Waals surface area contributed by atoms with E-state index in [1.165, 1.54) is 0 Å². The van der Waals surface area contributed by atoms with Crippen LogP contribution in [0.1, 0.15) is 27.1 Å². The van der Waals surface area contributed by atoms with E-state index in [0.717, 1.165) is 0 Å². The van der Waals surface area contributed by atoms with E-state index in [1.807, 2.05) is 12.1 Å². The van der Waals surface area contributed by atoms with Gasteiger partial charge in [0.2, 0.25) is 0 Å². The molecule has 0 aliphatic carbocycles. The molecule has 2 aromatic rings. The zero-order chi connectivity index (χ0) is 13.7. The van der Waals surface area contributed by atoms with Crippen LogP contribution in [-0.2, 0) is 0 Å². The van der Waals surface area contributed by atoms with E-state index >= 15 is 0 Å². The van der Waals surface area contributed by atoms with Gasteiger partial charge in [-0.25, -0.2) is 0 Å². The van der Waals surface area contributed by atoms with E-state index < -0.39 is 0 Å². The fraction of sp³-hybridized carbons (Fsp3) is 0.0588. The third kappa shape index (κ3) is 3.26. The number of Topliss-reactive ketones (excluding diaryl/α,β-unsaturated/α-hetero) is 2. The van der Waals surface area contributed by atoms with Gasteiger partial charge in [0.1, 0.15) is 0 Å². The van der Waals surface area contributed by atoms with Gasteiger partial charge < -0.3 is 0 Å². The van der Waals surface area contributed by atoms with Crippen molar-refractivity contribution in [3.8, 4) is 0 Å². The van der Waals surface area contributed by atoms with Gasteiger partial charge in [0.15, 0.2) is 11.6 Å². The van der Waals surface area contributed by atoms with Crippen LogP contribution in [0.2, 0.25) is 0 Å². The fourth-order valence-electron chi connectivity index (χ4n) is 1.79. The van der Waals surface area contributed by atoms with Gasteiger partial charge in [-0.15, -0.1) is 0 Å². The molecule has 0 saturated heterocycles. The van der Waals surface area contributed by atoms with Crippen LogP contribution in [0.15, 0.2) is 72.8 Å². The standard InChI is InChI=1S/C17H14O2/c1-13(17(19)15-10-6-3-7-11-15)12-16(18)14-8-4-2-5-9-14/h2-11H,1,12H2. The summed E-state index contributed by atoms with van der Waals surface area (Å²) in [6, 6.07) is 17.8. The molecule has 2 heteroatoms. The molecule has 2 aromatic carbocycles. The molecular formula is C17H14O2. The van der Waals surface area contributed by atoms with Crippen LogP contribution in [0, 0.1) is 0 Å². The molecule has 19 heavy (non-hydrogen) atoms. The highest BCUT2D eigenvalue weighted by Gasteiger charge is 2.14. The van der Waals surface area contributed by atoms with Gasteiger partial charge in [-0.3, -0.25) is 9.59 Å². The van der Waals surface area contributed by atoms with E-state index in [4.69, 9.17) is 0 Å². The number of rotatable bonds is 5. The summed E-state index contributed by atoms with van der Waals surface area (Å²) in [5.41, 5.74) is 1.48. The van der Waals surface area contributed by atoms with E-state index in [0.29, 0.717) is 16.7 Å². The van der Waals surface area contributed by atoms with Crippen LogP contribution in [0.5, 0.6) is 0 Å². The van der Waals surface area contributed by atoms with Gasteiger partial charge in [0.25, 0.3) is 0 Å². The Balaban J connectivity index is 2.06. The molecule has 0 saturated carbocycles. The van der Waals surface area contributed by atoms with Crippen LogP contribution in [-0.4, -0.2) is 11.6 Å². The molecule has 0 amide bonds. The monoisotopic (exact) mass is 250 g/mol. The Morgan fingerprint density at radius 2 is 1.26 bits per heavy atom. The molecule has 0 unspecified atom stereocenters. The Bertz CT molecular complexity index is 598. The first kappa shape index (κ1) is 13.0. The Hall–Kier alpha value is -2.48. The lowest BCUT2D eigenvalue weighted by molar-refractivity contribution is 0.0960. The van der Waals surface area contributed by atoms with Gasteiger partial charge in [-0.2, -0.15) is 0 Å². The van der Waals surface area contributed by atoms with Crippen molar-refractivity contribution in [3.05, 3.63) is 83.9 Å². The normalized spacial score (nSPS) is 9.89. The van der Waals surface area contributed by atoms with Crippen molar-refractivity contribution >= 4 is 11.6 Å². The molecule has 0 atom stereocenters. The highest BCUT2D eigenvalue weighted by atomic mass is 16.1. The molecule has 94 valence electrons. The zero-order valence-electron chi connectivity index (χ0n) is 10.5. The summed E-state index contributed by atoms with van der Waals surface area (Å²) in [6.45, 7) is 3.73. The number of carbonyl (C=O) groups excluding carboxylic acids is 2. The van der Waals surface area contributed by atoms with E-state index in [9.17, 15) is 9.59 Å². The number of carbonyl (C=O) groups is 2. The lowest BCUT2D eigenvalue weighted by Crippen LogP contribution is -2.08. The zero-order valence-corrected chi connectivity index (χ0v) is 10.5. The minimum atomic E-state index is -0.176. The highest BCUT2D eigenvalue weighted by molar-refractivity contribution is 6.12. The third-order valence-corrected chi connectivity index (χ3v) is 2.83. The topological polar surface area (TPSA) is 34.1 Å². The van der Waals surface area contributed by atoms with E-state index in [-0.39, 0.29) is 18.0 Å². The lowest BCUT2D eigenvalue weighted by Gasteiger charge is -2.04. The maximum Gasteiger partial charge on any atom is 0.188 e. The minimum Gasteiger partial charge on any atom is -0.294 e. The Kier molecular flexibility index (Phi) is 4.04. The molecule has 0 heterocycles. The van der Waals surface area contributed by atoms with Crippen molar-refractivity contribution in [2.24, 2.45) is 0 Å². The molecule has 0 radical (unpaired) electrons.